The summed E-state index contributed by atoms with van der Waals surface area (Å²) in [6.45, 7) is 0. The largest absolute Gasteiger partial charge is 0.496 e. The maximum Gasteiger partial charge on any atom is 0.203 e. The Labute approximate surface area is 143 Å². The molecule has 0 saturated carbocycles. The fraction of sp³-hybridized carbons (Fsp3) is 0.0588. The van der Waals surface area contributed by atoms with Crippen LogP contribution in [0.2, 0.25) is 5.02 Å². The predicted octanol–water partition coefficient (Wildman–Crippen LogP) is 4.92. The highest BCUT2D eigenvalue weighted by molar-refractivity contribution is 7.14. The standard InChI is InChI=1S/C17H14ClN3OS/c1-22-16-8-7-13(18)9-14(16)15-11-23-17(20-15)21-19-10-12-5-3-2-4-6-12/h2-11H,1H3,(H,20,21)/b19-10-. The van der Waals surface area contributed by atoms with Crippen molar-refractivity contribution in [1.82, 2.24) is 4.98 Å². The van der Waals surface area contributed by atoms with Gasteiger partial charge in [0.05, 0.1) is 19.0 Å². The van der Waals surface area contributed by atoms with E-state index in [-0.39, 0.29) is 0 Å². The molecule has 0 radical (unpaired) electrons. The minimum atomic E-state index is 0.644. The van der Waals surface area contributed by atoms with Crippen molar-refractivity contribution in [2.75, 3.05) is 12.5 Å². The molecule has 4 nitrogen and oxygen atoms in total. The van der Waals surface area contributed by atoms with Gasteiger partial charge < -0.3 is 4.74 Å². The van der Waals surface area contributed by atoms with E-state index in [2.05, 4.69) is 15.5 Å². The van der Waals surface area contributed by atoms with Gasteiger partial charge >= 0.3 is 0 Å². The smallest absolute Gasteiger partial charge is 0.203 e. The normalized spacial score (nSPS) is 10.9. The molecule has 0 saturated heterocycles. The maximum absolute atomic E-state index is 6.06. The highest BCUT2D eigenvalue weighted by Gasteiger charge is 2.10. The molecule has 6 heteroatoms. The Hall–Kier alpha value is -2.37. The molecule has 3 rings (SSSR count). The van der Waals surface area contributed by atoms with Crippen LogP contribution in [0.25, 0.3) is 11.3 Å². The van der Waals surface area contributed by atoms with Crippen LogP contribution in [0.3, 0.4) is 0 Å². The van der Waals surface area contributed by atoms with Gasteiger partial charge in [-0.2, -0.15) is 5.10 Å². The Morgan fingerprint density at radius 2 is 2.04 bits per heavy atom. The molecule has 0 aliphatic carbocycles. The van der Waals surface area contributed by atoms with Gasteiger partial charge in [0.1, 0.15) is 5.75 Å². The third-order valence-corrected chi connectivity index (χ3v) is 4.10. The third-order valence-electron chi connectivity index (χ3n) is 3.12. The van der Waals surface area contributed by atoms with Gasteiger partial charge in [0, 0.05) is 16.0 Å². The van der Waals surface area contributed by atoms with E-state index in [4.69, 9.17) is 16.3 Å². The van der Waals surface area contributed by atoms with E-state index in [9.17, 15) is 0 Å². The number of rotatable bonds is 5. The number of halogens is 1. The number of nitrogens with one attached hydrogen (secondary N) is 1. The summed E-state index contributed by atoms with van der Waals surface area (Å²) in [6, 6.07) is 15.3. The molecule has 116 valence electrons. The first-order chi connectivity index (χ1) is 11.3. The second kappa shape index (κ2) is 7.26. The lowest BCUT2D eigenvalue weighted by Gasteiger charge is -2.06. The molecule has 1 aromatic heterocycles. The summed E-state index contributed by atoms with van der Waals surface area (Å²) in [7, 11) is 1.63. The summed E-state index contributed by atoms with van der Waals surface area (Å²) >= 11 is 7.53. The first kappa shape index (κ1) is 15.5. The molecule has 0 aliphatic heterocycles. The Morgan fingerprint density at radius 1 is 1.22 bits per heavy atom. The summed E-state index contributed by atoms with van der Waals surface area (Å²) in [6.07, 6.45) is 1.75. The number of aromatic nitrogens is 1. The van der Waals surface area contributed by atoms with Gasteiger partial charge in [0.15, 0.2) is 0 Å². The molecule has 0 atom stereocenters. The van der Waals surface area contributed by atoms with Crippen molar-refractivity contribution >= 4 is 34.3 Å². The number of thiazole rings is 1. The van der Waals surface area contributed by atoms with E-state index in [1.165, 1.54) is 11.3 Å². The molecule has 0 bridgehead atoms. The van der Waals surface area contributed by atoms with Crippen molar-refractivity contribution in [3.63, 3.8) is 0 Å². The highest BCUT2D eigenvalue weighted by Crippen LogP contribution is 2.34. The van der Waals surface area contributed by atoms with Crippen molar-refractivity contribution in [2.24, 2.45) is 5.10 Å². The van der Waals surface area contributed by atoms with E-state index >= 15 is 0 Å². The number of hydrogen-bond acceptors (Lipinski definition) is 5. The number of benzene rings is 2. The summed E-state index contributed by atoms with van der Waals surface area (Å²) in [5.74, 6) is 0.735. The Kier molecular flexibility index (Phi) is 4.90. The molecular formula is C17H14ClN3OS. The Morgan fingerprint density at radius 3 is 2.83 bits per heavy atom. The maximum atomic E-state index is 6.06. The highest BCUT2D eigenvalue weighted by atomic mass is 35.5. The summed E-state index contributed by atoms with van der Waals surface area (Å²) in [4.78, 5) is 4.52. The zero-order valence-electron chi connectivity index (χ0n) is 12.4. The second-order valence-electron chi connectivity index (χ2n) is 4.66. The molecule has 23 heavy (non-hydrogen) atoms. The number of ether oxygens (including phenoxy) is 1. The average molecular weight is 344 g/mol. The SMILES string of the molecule is COc1ccc(Cl)cc1-c1csc(N/N=C\c2ccccc2)n1. The predicted molar refractivity (Wildman–Crippen MR) is 96.8 cm³/mol. The molecule has 0 unspecified atom stereocenters. The lowest BCUT2D eigenvalue weighted by Crippen LogP contribution is -1.91. The first-order valence-corrected chi connectivity index (χ1v) is 8.15. The number of anilines is 1. The topological polar surface area (TPSA) is 46.5 Å². The number of nitrogens with zero attached hydrogens (tertiary/aromatic N) is 2. The van der Waals surface area contributed by atoms with Gasteiger partial charge in [0.2, 0.25) is 5.13 Å². The van der Waals surface area contributed by atoms with Gasteiger partial charge in [0.25, 0.3) is 0 Å². The van der Waals surface area contributed by atoms with Crippen LogP contribution in [0.5, 0.6) is 5.75 Å². The van der Waals surface area contributed by atoms with Crippen LogP contribution in [0.4, 0.5) is 5.13 Å². The molecule has 0 aliphatic rings. The second-order valence-corrected chi connectivity index (χ2v) is 5.96. The summed E-state index contributed by atoms with van der Waals surface area (Å²) < 4.78 is 5.36. The van der Waals surface area contributed by atoms with Gasteiger partial charge in [-0.05, 0) is 23.8 Å². The van der Waals surface area contributed by atoms with E-state index in [1.807, 2.05) is 47.8 Å². The minimum absolute atomic E-state index is 0.644. The van der Waals surface area contributed by atoms with Crippen LogP contribution in [0, 0.1) is 0 Å². The van der Waals surface area contributed by atoms with Gasteiger partial charge in [-0.3, -0.25) is 5.43 Å². The molecule has 1 heterocycles. The zero-order chi connectivity index (χ0) is 16.1. The zero-order valence-corrected chi connectivity index (χ0v) is 13.9. The molecule has 2 aromatic carbocycles. The quantitative estimate of drug-likeness (QED) is 0.528. The molecule has 3 aromatic rings. The van der Waals surface area contributed by atoms with Crippen LogP contribution in [-0.4, -0.2) is 18.3 Å². The van der Waals surface area contributed by atoms with Crippen molar-refractivity contribution < 1.29 is 4.74 Å². The van der Waals surface area contributed by atoms with Gasteiger partial charge in [-0.1, -0.05) is 41.9 Å². The van der Waals surface area contributed by atoms with Crippen molar-refractivity contribution in [2.45, 2.75) is 0 Å². The van der Waals surface area contributed by atoms with Crippen LogP contribution in [-0.2, 0) is 0 Å². The van der Waals surface area contributed by atoms with Gasteiger partial charge in [-0.25, -0.2) is 4.98 Å². The summed E-state index contributed by atoms with van der Waals surface area (Å²) in [5, 5.41) is 7.48. The summed E-state index contributed by atoms with van der Waals surface area (Å²) in [5.41, 5.74) is 5.62. The lowest BCUT2D eigenvalue weighted by molar-refractivity contribution is 0.416. The number of hydrazone groups is 1. The molecule has 1 N–H and O–H groups in total. The monoisotopic (exact) mass is 343 g/mol. The molecule has 0 fully saturated rings. The molecule has 0 amide bonds. The number of hydrogen-bond donors (Lipinski definition) is 1. The molecule has 0 spiro atoms. The number of methoxy groups -OCH3 is 1. The Balaban J connectivity index is 1.76. The van der Waals surface area contributed by atoms with Crippen LogP contribution >= 0.6 is 22.9 Å². The molecular weight excluding hydrogens is 330 g/mol. The first-order valence-electron chi connectivity index (χ1n) is 6.90. The van der Waals surface area contributed by atoms with E-state index < -0.39 is 0 Å². The Bertz CT molecular complexity index is 818. The third kappa shape index (κ3) is 3.88. The van der Waals surface area contributed by atoms with Crippen molar-refractivity contribution in [1.29, 1.82) is 0 Å². The lowest BCUT2D eigenvalue weighted by atomic mass is 10.1. The fourth-order valence-electron chi connectivity index (χ4n) is 2.03. The van der Waals surface area contributed by atoms with Crippen molar-refractivity contribution in [3.05, 3.63) is 64.5 Å². The van der Waals surface area contributed by atoms with Gasteiger partial charge in [-0.15, -0.1) is 11.3 Å². The van der Waals surface area contributed by atoms with E-state index in [1.54, 1.807) is 19.4 Å². The van der Waals surface area contributed by atoms with Crippen LogP contribution in [0.1, 0.15) is 5.56 Å². The van der Waals surface area contributed by atoms with Crippen molar-refractivity contribution in [3.8, 4) is 17.0 Å². The van der Waals surface area contributed by atoms with E-state index in [0.717, 1.165) is 22.6 Å². The van der Waals surface area contributed by atoms with Crippen LogP contribution in [0.15, 0.2) is 59.0 Å². The van der Waals surface area contributed by atoms with E-state index in [0.29, 0.717) is 10.2 Å². The average Bonchev–Trinajstić information content (AvgIpc) is 3.04. The minimum Gasteiger partial charge on any atom is -0.496 e. The fourth-order valence-corrected chi connectivity index (χ4v) is 2.86. The van der Waals surface area contributed by atoms with Crippen LogP contribution < -0.4 is 10.2 Å².